The number of hydrogen-bond acceptors (Lipinski definition) is 7. The maximum atomic E-state index is 12.7. The van der Waals surface area contributed by atoms with Gasteiger partial charge in [-0.2, -0.15) is 5.26 Å². The molecule has 1 N–H and O–H groups in total. The summed E-state index contributed by atoms with van der Waals surface area (Å²) in [6, 6.07) is 11.7. The second-order valence-electron chi connectivity index (χ2n) is 7.01. The van der Waals surface area contributed by atoms with E-state index in [1.807, 2.05) is 44.2 Å². The molecule has 1 aromatic carbocycles. The van der Waals surface area contributed by atoms with Crippen molar-refractivity contribution in [3.8, 4) is 6.07 Å². The van der Waals surface area contributed by atoms with Gasteiger partial charge in [-0.25, -0.2) is 4.98 Å². The van der Waals surface area contributed by atoms with E-state index >= 15 is 0 Å². The van der Waals surface area contributed by atoms with E-state index in [4.69, 9.17) is 9.72 Å². The second kappa shape index (κ2) is 8.81. The molecule has 1 aromatic heterocycles. The molecule has 1 saturated heterocycles. The Morgan fingerprint density at radius 1 is 1.32 bits per heavy atom. The summed E-state index contributed by atoms with van der Waals surface area (Å²) < 4.78 is 5.41. The van der Waals surface area contributed by atoms with Crippen molar-refractivity contribution in [3.63, 3.8) is 0 Å². The summed E-state index contributed by atoms with van der Waals surface area (Å²) in [5.41, 5.74) is 2.74. The smallest absolute Gasteiger partial charge is 0.330 e. The van der Waals surface area contributed by atoms with Crippen LogP contribution in [0.1, 0.15) is 35.5 Å². The number of ether oxygens (including phenoxy) is 1. The van der Waals surface area contributed by atoms with Crippen molar-refractivity contribution >= 4 is 11.8 Å². The van der Waals surface area contributed by atoms with Gasteiger partial charge in [-0.3, -0.25) is 9.78 Å². The van der Waals surface area contributed by atoms with E-state index in [0.717, 1.165) is 30.9 Å². The molecule has 1 aliphatic heterocycles. The predicted octanol–water partition coefficient (Wildman–Crippen LogP) is 2.24. The zero-order chi connectivity index (χ0) is 20.1. The van der Waals surface area contributed by atoms with Crippen molar-refractivity contribution in [1.29, 1.82) is 5.26 Å². The number of esters is 1. The van der Waals surface area contributed by atoms with E-state index in [9.17, 15) is 10.1 Å². The van der Waals surface area contributed by atoms with Gasteiger partial charge >= 0.3 is 5.97 Å². The number of benzene rings is 1. The van der Waals surface area contributed by atoms with Crippen LogP contribution in [-0.2, 0) is 16.1 Å². The number of nitrogens with one attached hydrogen (secondary N) is 1. The van der Waals surface area contributed by atoms with Crippen LogP contribution in [0.2, 0.25) is 0 Å². The highest BCUT2D eigenvalue weighted by Crippen LogP contribution is 2.28. The van der Waals surface area contributed by atoms with Gasteiger partial charge < -0.3 is 15.0 Å². The summed E-state index contributed by atoms with van der Waals surface area (Å²) in [6.45, 7) is 8.29. The molecule has 0 aliphatic carbocycles. The second-order valence-corrected chi connectivity index (χ2v) is 7.01. The molecule has 2 heterocycles. The maximum Gasteiger partial charge on any atom is 0.330 e. The lowest BCUT2D eigenvalue weighted by Gasteiger charge is -2.36. The molecule has 3 rings (SSSR count). The topological polar surface area (TPSA) is 91.1 Å². The first-order chi connectivity index (χ1) is 13.5. The van der Waals surface area contributed by atoms with Crippen molar-refractivity contribution in [2.45, 2.75) is 39.3 Å². The molecule has 0 bridgehead atoms. The van der Waals surface area contributed by atoms with Crippen LogP contribution < -0.4 is 10.2 Å². The predicted molar refractivity (Wildman–Crippen MR) is 106 cm³/mol. The van der Waals surface area contributed by atoms with Gasteiger partial charge in [0, 0.05) is 25.7 Å². The Hall–Kier alpha value is -2.98. The molecule has 7 heteroatoms. The molecule has 0 amide bonds. The zero-order valence-electron chi connectivity index (χ0n) is 16.5. The lowest BCUT2D eigenvalue weighted by molar-refractivity contribution is -0.145. The van der Waals surface area contributed by atoms with Gasteiger partial charge in [0.2, 0.25) is 0 Å². The normalized spacial score (nSPS) is 17.6. The molecule has 28 heavy (non-hydrogen) atoms. The Labute approximate surface area is 165 Å². The summed E-state index contributed by atoms with van der Waals surface area (Å²) in [5, 5.41) is 13.1. The van der Waals surface area contributed by atoms with E-state index in [2.05, 4.69) is 28.2 Å². The van der Waals surface area contributed by atoms with E-state index < -0.39 is 11.9 Å². The highest BCUT2D eigenvalue weighted by molar-refractivity contribution is 5.82. The van der Waals surface area contributed by atoms with Crippen LogP contribution in [0, 0.1) is 25.2 Å². The van der Waals surface area contributed by atoms with Gasteiger partial charge in [0.25, 0.3) is 0 Å². The molecule has 2 atom stereocenters. The molecule has 146 valence electrons. The van der Waals surface area contributed by atoms with E-state index in [1.54, 1.807) is 0 Å². The van der Waals surface area contributed by atoms with Gasteiger partial charge in [-0.1, -0.05) is 30.3 Å². The molecular weight excluding hydrogens is 354 g/mol. The van der Waals surface area contributed by atoms with Gasteiger partial charge in [0.05, 0.1) is 17.5 Å². The third kappa shape index (κ3) is 4.29. The largest absolute Gasteiger partial charge is 0.460 e. The number of nitrogens with zero attached hydrogens (tertiary/aromatic N) is 4. The van der Waals surface area contributed by atoms with Crippen molar-refractivity contribution in [2.24, 2.45) is 0 Å². The van der Waals surface area contributed by atoms with Crippen LogP contribution in [0.15, 0.2) is 30.3 Å². The standard InChI is InChI=1S/C21H25N5O2/c1-14-12-23-9-10-26(14)20-19(24-15(2)16(3)25-20)18(11-22)21(27)28-13-17-7-5-4-6-8-17/h4-8,14,18,23H,9-10,12-13H2,1-3H3. The number of hydrogen-bond donors (Lipinski definition) is 1. The lowest BCUT2D eigenvalue weighted by atomic mass is 10.0. The number of aryl methyl sites for hydroxylation is 2. The minimum Gasteiger partial charge on any atom is -0.460 e. The van der Waals surface area contributed by atoms with Crippen molar-refractivity contribution in [2.75, 3.05) is 24.5 Å². The fraction of sp³-hybridized carbons (Fsp3) is 0.429. The summed E-state index contributed by atoms with van der Waals surface area (Å²) in [6.07, 6.45) is 0. The molecule has 7 nitrogen and oxygen atoms in total. The van der Waals surface area contributed by atoms with Crippen LogP contribution in [0.5, 0.6) is 0 Å². The average molecular weight is 379 g/mol. The van der Waals surface area contributed by atoms with E-state index in [1.165, 1.54) is 0 Å². The first-order valence-corrected chi connectivity index (χ1v) is 9.44. The molecule has 1 fully saturated rings. The number of carbonyl (C=O) groups excluding carboxylic acids is 1. The Morgan fingerprint density at radius 2 is 2.04 bits per heavy atom. The molecule has 2 aromatic rings. The lowest BCUT2D eigenvalue weighted by Crippen LogP contribution is -2.50. The summed E-state index contributed by atoms with van der Waals surface area (Å²) in [7, 11) is 0. The number of rotatable bonds is 5. The number of aromatic nitrogens is 2. The maximum absolute atomic E-state index is 12.7. The SMILES string of the molecule is Cc1nc(C(C#N)C(=O)OCc2ccccc2)c(N2CCNCC2C)nc1C. The summed E-state index contributed by atoms with van der Waals surface area (Å²) in [4.78, 5) is 24.1. The quantitative estimate of drug-likeness (QED) is 0.797. The molecule has 2 unspecified atom stereocenters. The third-order valence-electron chi connectivity index (χ3n) is 4.95. The molecule has 1 aliphatic rings. The van der Waals surface area contributed by atoms with Crippen LogP contribution in [0.4, 0.5) is 5.82 Å². The van der Waals surface area contributed by atoms with E-state index in [0.29, 0.717) is 17.2 Å². The molecular formula is C21H25N5O2. The Balaban J connectivity index is 1.89. The Kier molecular flexibility index (Phi) is 6.22. The van der Waals surface area contributed by atoms with Gasteiger partial charge in [-0.05, 0) is 26.3 Å². The monoisotopic (exact) mass is 379 g/mol. The minimum absolute atomic E-state index is 0.121. The number of nitriles is 1. The Morgan fingerprint density at radius 3 is 2.71 bits per heavy atom. The fourth-order valence-corrected chi connectivity index (χ4v) is 3.21. The highest BCUT2D eigenvalue weighted by Gasteiger charge is 2.32. The van der Waals surface area contributed by atoms with Gasteiger partial charge in [-0.15, -0.1) is 0 Å². The van der Waals surface area contributed by atoms with Crippen molar-refractivity contribution in [1.82, 2.24) is 15.3 Å². The van der Waals surface area contributed by atoms with Crippen LogP contribution >= 0.6 is 0 Å². The zero-order valence-corrected chi connectivity index (χ0v) is 16.5. The first kappa shape index (κ1) is 19.8. The summed E-state index contributed by atoms with van der Waals surface area (Å²) in [5.74, 6) is -1.12. The number of piperazine rings is 1. The fourth-order valence-electron chi connectivity index (χ4n) is 3.21. The molecule has 0 spiro atoms. The molecule has 0 saturated carbocycles. The highest BCUT2D eigenvalue weighted by atomic mass is 16.5. The van der Waals surface area contributed by atoms with Gasteiger partial charge in [0.15, 0.2) is 11.7 Å². The van der Waals surface area contributed by atoms with Crippen molar-refractivity contribution < 1.29 is 9.53 Å². The number of carbonyl (C=O) groups is 1. The van der Waals surface area contributed by atoms with Gasteiger partial charge in [0.1, 0.15) is 12.3 Å². The third-order valence-corrected chi connectivity index (χ3v) is 4.95. The minimum atomic E-state index is -1.12. The van der Waals surface area contributed by atoms with Crippen LogP contribution in [0.25, 0.3) is 0 Å². The van der Waals surface area contributed by atoms with Crippen molar-refractivity contribution in [3.05, 3.63) is 53.0 Å². The van der Waals surface area contributed by atoms with E-state index in [-0.39, 0.29) is 12.6 Å². The Bertz CT molecular complexity index is 878. The molecule has 0 radical (unpaired) electrons. The van der Waals surface area contributed by atoms with Crippen LogP contribution in [0.3, 0.4) is 0 Å². The first-order valence-electron chi connectivity index (χ1n) is 9.44. The number of anilines is 1. The average Bonchev–Trinajstić information content (AvgIpc) is 2.71. The van der Waals surface area contributed by atoms with Crippen LogP contribution in [-0.4, -0.2) is 41.6 Å². The summed E-state index contributed by atoms with van der Waals surface area (Å²) >= 11 is 0.